The molecule has 1 aliphatic rings. The topological polar surface area (TPSA) is 67.4 Å². The lowest BCUT2D eigenvalue weighted by Crippen LogP contribution is -2.49. The van der Waals surface area contributed by atoms with Gasteiger partial charge in [-0.1, -0.05) is 54.2 Å². The number of amides is 1. The molecule has 0 bridgehead atoms. The molecule has 0 aliphatic carbocycles. The van der Waals surface area contributed by atoms with Gasteiger partial charge in [-0.25, -0.2) is 9.66 Å². The van der Waals surface area contributed by atoms with Crippen LogP contribution in [0.25, 0.3) is 11.3 Å². The minimum Gasteiger partial charge on any atom is -0.368 e. The number of rotatable bonds is 5. The summed E-state index contributed by atoms with van der Waals surface area (Å²) in [5, 5.41) is 0.649. The van der Waals surface area contributed by atoms with Gasteiger partial charge in [-0.15, -0.1) is 0 Å². The van der Waals surface area contributed by atoms with E-state index in [4.69, 9.17) is 5.84 Å². The molecule has 1 fully saturated rings. The molecule has 2 heterocycles. The smallest absolute Gasteiger partial charge is 0.233 e. The van der Waals surface area contributed by atoms with E-state index < -0.39 is 0 Å². The van der Waals surface area contributed by atoms with E-state index in [1.807, 2.05) is 35.2 Å². The summed E-state index contributed by atoms with van der Waals surface area (Å²) in [7, 11) is 0. The van der Waals surface area contributed by atoms with Crippen molar-refractivity contribution in [2.24, 2.45) is 0 Å². The Morgan fingerprint density at radius 2 is 1.83 bits per heavy atom. The van der Waals surface area contributed by atoms with E-state index in [9.17, 15) is 4.79 Å². The Morgan fingerprint density at radius 3 is 2.55 bits per heavy atom. The highest BCUT2D eigenvalue weighted by molar-refractivity contribution is 7.99. The molecule has 0 radical (unpaired) electrons. The Balaban J connectivity index is 1.31. The van der Waals surface area contributed by atoms with Gasteiger partial charge in [0.2, 0.25) is 5.91 Å². The van der Waals surface area contributed by atoms with Crippen LogP contribution in [0.5, 0.6) is 0 Å². The highest BCUT2D eigenvalue weighted by Crippen LogP contribution is 2.23. The van der Waals surface area contributed by atoms with Crippen molar-refractivity contribution in [2.45, 2.75) is 12.1 Å². The van der Waals surface area contributed by atoms with Crippen LogP contribution in [0.1, 0.15) is 5.56 Å². The van der Waals surface area contributed by atoms with Gasteiger partial charge in [-0.05, 0) is 24.6 Å². The predicted molar refractivity (Wildman–Crippen MR) is 119 cm³/mol. The lowest BCUT2D eigenvalue weighted by atomic mass is 10.2. The Morgan fingerprint density at radius 1 is 1.07 bits per heavy atom. The number of thioether (sulfide) groups is 1. The molecule has 1 aromatic heterocycles. The van der Waals surface area contributed by atoms with Crippen LogP contribution in [-0.2, 0) is 4.79 Å². The van der Waals surface area contributed by atoms with Crippen LogP contribution in [0.3, 0.4) is 0 Å². The summed E-state index contributed by atoms with van der Waals surface area (Å²) >= 11 is 1.39. The lowest BCUT2D eigenvalue weighted by Gasteiger charge is -2.36. The number of hydrogen-bond acceptors (Lipinski definition) is 5. The van der Waals surface area contributed by atoms with E-state index in [-0.39, 0.29) is 5.91 Å². The van der Waals surface area contributed by atoms with Crippen LogP contribution >= 0.6 is 11.8 Å². The fraction of sp³-hybridized carbons (Fsp3) is 0.273. The van der Waals surface area contributed by atoms with E-state index in [0.717, 1.165) is 37.4 Å². The van der Waals surface area contributed by atoms with Crippen LogP contribution in [0.4, 0.5) is 5.69 Å². The third-order valence-electron chi connectivity index (χ3n) is 5.09. The van der Waals surface area contributed by atoms with Crippen LogP contribution in [0, 0.1) is 6.92 Å². The Labute approximate surface area is 175 Å². The van der Waals surface area contributed by atoms with Gasteiger partial charge in [0.15, 0.2) is 5.16 Å². The summed E-state index contributed by atoms with van der Waals surface area (Å²) in [5.41, 5.74) is 4.31. The van der Waals surface area contributed by atoms with E-state index in [1.54, 1.807) is 6.20 Å². The molecule has 4 rings (SSSR count). The lowest BCUT2D eigenvalue weighted by molar-refractivity contribution is -0.128. The van der Waals surface area contributed by atoms with Crippen LogP contribution < -0.4 is 10.7 Å². The number of hydrogen-bond donors (Lipinski definition) is 1. The number of carbonyl (C=O) groups excluding carboxylic acids is 1. The zero-order valence-corrected chi connectivity index (χ0v) is 17.3. The highest BCUT2D eigenvalue weighted by Gasteiger charge is 2.22. The summed E-state index contributed by atoms with van der Waals surface area (Å²) < 4.78 is 1.50. The zero-order valence-electron chi connectivity index (χ0n) is 16.5. The van der Waals surface area contributed by atoms with Gasteiger partial charge in [-0.3, -0.25) is 4.79 Å². The fourth-order valence-electron chi connectivity index (χ4n) is 3.49. The molecule has 1 aliphatic heterocycles. The van der Waals surface area contributed by atoms with Crippen molar-refractivity contribution >= 4 is 23.4 Å². The second-order valence-electron chi connectivity index (χ2n) is 7.18. The largest absolute Gasteiger partial charge is 0.368 e. The zero-order chi connectivity index (χ0) is 20.2. The number of carbonyl (C=O) groups is 1. The Hall–Kier alpha value is -2.93. The van der Waals surface area contributed by atoms with Gasteiger partial charge in [0.1, 0.15) is 0 Å². The third kappa shape index (κ3) is 4.56. The summed E-state index contributed by atoms with van der Waals surface area (Å²) in [4.78, 5) is 21.5. The number of nitrogens with two attached hydrogens (primary N) is 1. The molecule has 1 saturated heterocycles. The van der Waals surface area contributed by atoms with Crippen molar-refractivity contribution in [1.82, 2.24) is 14.6 Å². The summed E-state index contributed by atoms with van der Waals surface area (Å²) in [6, 6.07) is 18.4. The first-order valence-electron chi connectivity index (χ1n) is 9.72. The molecule has 0 atom stereocenters. The molecule has 3 aromatic rings. The average molecular weight is 408 g/mol. The maximum absolute atomic E-state index is 12.7. The summed E-state index contributed by atoms with van der Waals surface area (Å²) in [6.07, 6.45) is 1.79. The number of aryl methyl sites for hydroxylation is 1. The fourth-order valence-corrected chi connectivity index (χ4v) is 4.29. The molecule has 29 heavy (non-hydrogen) atoms. The molecule has 0 spiro atoms. The van der Waals surface area contributed by atoms with E-state index in [2.05, 4.69) is 41.1 Å². The molecular weight excluding hydrogens is 382 g/mol. The maximum Gasteiger partial charge on any atom is 0.233 e. The van der Waals surface area contributed by atoms with Crippen LogP contribution in [-0.4, -0.2) is 52.4 Å². The number of nitrogen functional groups attached to an aromatic ring is 1. The average Bonchev–Trinajstić information content (AvgIpc) is 3.13. The molecule has 7 heteroatoms. The van der Waals surface area contributed by atoms with Gasteiger partial charge in [-0.2, -0.15) is 0 Å². The van der Waals surface area contributed by atoms with Crippen molar-refractivity contribution in [3.05, 3.63) is 66.4 Å². The molecule has 2 N–H and O–H groups in total. The quantitative estimate of drug-likeness (QED) is 0.520. The molecule has 6 nitrogen and oxygen atoms in total. The number of piperazine rings is 1. The molecule has 1 amide bonds. The van der Waals surface area contributed by atoms with Gasteiger partial charge >= 0.3 is 0 Å². The van der Waals surface area contributed by atoms with Crippen molar-refractivity contribution in [2.75, 3.05) is 42.7 Å². The standard InChI is InChI=1S/C22H25N5OS/c1-17-6-5-9-19(14-17)25-10-12-26(13-11-25)21(28)16-29-22-24-20(15-27(22)23)18-7-3-2-4-8-18/h2-9,14-15H,10-13,16,23H2,1H3. The SMILES string of the molecule is Cc1cccc(N2CCN(C(=O)CSc3nc(-c4ccccc4)cn3N)CC2)c1. The van der Waals surface area contributed by atoms with Crippen molar-refractivity contribution in [3.63, 3.8) is 0 Å². The number of nitrogens with zero attached hydrogens (tertiary/aromatic N) is 4. The Kier molecular flexibility index (Phi) is 5.76. The molecule has 2 aromatic carbocycles. The van der Waals surface area contributed by atoms with Gasteiger partial charge in [0, 0.05) is 37.4 Å². The van der Waals surface area contributed by atoms with Gasteiger partial charge in [0.25, 0.3) is 0 Å². The van der Waals surface area contributed by atoms with E-state index in [1.165, 1.54) is 27.7 Å². The van der Waals surface area contributed by atoms with Crippen molar-refractivity contribution in [3.8, 4) is 11.3 Å². The minimum atomic E-state index is 0.128. The number of imidazole rings is 1. The number of aromatic nitrogens is 2. The molecule has 0 saturated carbocycles. The summed E-state index contributed by atoms with van der Waals surface area (Å²) in [5.74, 6) is 6.51. The Bertz CT molecular complexity index is 980. The molecule has 150 valence electrons. The van der Waals surface area contributed by atoms with E-state index >= 15 is 0 Å². The highest BCUT2D eigenvalue weighted by atomic mass is 32.2. The molecule has 0 unspecified atom stereocenters. The second kappa shape index (κ2) is 8.61. The monoisotopic (exact) mass is 407 g/mol. The van der Waals surface area contributed by atoms with E-state index in [0.29, 0.717) is 10.9 Å². The van der Waals surface area contributed by atoms with Gasteiger partial charge < -0.3 is 15.6 Å². The first kappa shape index (κ1) is 19.4. The minimum absolute atomic E-state index is 0.128. The van der Waals surface area contributed by atoms with Crippen molar-refractivity contribution in [1.29, 1.82) is 0 Å². The van der Waals surface area contributed by atoms with Crippen LogP contribution in [0.2, 0.25) is 0 Å². The molecular formula is C22H25N5OS. The van der Waals surface area contributed by atoms with Gasteiger partial charge in [0.05, 0.1) is 17.6 Å². The normalized spacial score (nSPS) is 14.2. The number of benzene rings is 2. The van der Waals surface area contributed by atoms with Crippen LogP contribution in [0.15, 0.2) is 66.0 Å². The number of anilines is 1. The second-order valence-corrected chi connectivity index (χ2v) is 8.12. The summed E-state index contributed by atoms with van der Waals surface area (Å²) in [6.45, 7) is 5.28. The van der Waals surface area contributed by atoms with Crippen molar-refractivity contribution < 1.29 is 4.79 Å². The third-order valence-corrected chi connectivity index (χ3v) is 6.04. The first-order chi connectivity index (χ1) is 14.1. The predicted octanol–water partition coefficient (Wildman–Crippen LogP) is 3.01. The maximum atomic E-state index is 12.7. The first-order valence-corrected chi connectivity index (χ1v) is 10.7.